The van der Waals surface area contributed by atoms with E-state index in [4.69, 9.17) is 24.6 Å². The second-order valence-corrected chi connectivity index (χ2v) is 7.73. The third-order valence-electron chi connectivity index (χ3n) is 2.01. The Kier molecular flexibility index (Phi) is 9.13. The maximum absolute atomic E-state index is 10.3. The molecule has 8 heteroatoms. The number of hydrogen-bond acceptors (Lipinski definition) is 5. The molecule has 0 aromatic carbocycles. The zero-order valence-corrected chi connectivity index (χ0v) is 14.0. The van der Waals surface area contributed by atoms with Gasteiger partial charge in [-0.3, -0.25) is 0 Å². The zero-order chi connectivity index (χ0) is 13.3. The molecule has 0 aromatic heterocycles. The Morgan fingerprint density at radius 1 is 1.53 bits per heavy atom. The topological polar surface area (TPSA) is 80.0 Å². The molecular weight excluding hydrogens is 318 g/mol. The molecule has 0 saturated heterocycles. The SMILES string of the molecule is CC(=N[O-])C1=CC=CC(C(C)=NO)N1.[Cl][Zn][Cl]. The fourth-order valence-corrected chi connectivity index (χ4v) is 1.11. The average Bonchev–Trinajstić information content (AvgIpc) is 2.38. The molecule has 92 valence electrons. The normalized spacial score (nSPS) is 19.5. The number of hydrogen-bond donors (Lipinski definition) is 2. The molecule has 1 atom stereocenters. The van der Waals surface area contributed by atoms with Crippen LogP contribution >= 0.6 is 19.4 Å². The van der Waals surface area contributed by atoms with E-state index in [0.29, 0.717) is 17.1 Å². The van der Waals surface area contributed by atoms with Gasteiger partial charge in [-0.1, -0.05) is 17.3 Å². The van der Waals surface area contributed by atoms with E-state index in [0.717, 1.165) is 0 Å². The predicted octanol–water partition coefficient (Wildman–Crippen LogP) is 2.58. The van der Waals surface area contributed by atoms with Crippen molar-refractivity contribution in [3.05, 3.63) is 29.1 Å². The van der Waals surface area contributed by atoms with E-state index in [9.17, 15) is 5.21 Å². The van der Waals surface area contributed by atoms with Crippen molar-refractivity contribution in [1.29, 1.82) is 0 Å². The van der Waals surface area contributed by atoms with Crippen molar-refractivity contribution in [3.63, 3.8) is 0 Å². The number of rotatable bonds is 2. The van der Waals surface area contributed by atoms with Gasteiger partial charge in [0.1, 0.15) is 0 Å². The van der Waals surface area contributed by atoms with E-state index >= 15 is 0 Å². The molecule has 5 nitrogen and oxygen atoms in total. The van der Waals surface area contributed by atoms with Crippen molar-refractivity contribution < 1.29 is 20.4 Å². The third kappa shape index (κ3) is 6.06. The zero-order valence-electron chi connectivity index (χ0n) is 9.52. The van der Waals surface area contributed by atoms with Crippen LogP contribution in [-0.4, -0.2) is 22.7 Å². The molecule has 0 bridgehead atoms. The van der Waals surface area contributed by atoms with Crippen LogP contribution in [0.5, 0.6) is 0 Å². The van der Waals surface area contributed by atoms with E-state index in [1.165, 1.54) is 0 Å². The fourth-order valence-electron chi connectivity index (χ4n) is 1.11. The molecule has 0 amide bonds. The molecule has 0 spiro atoms. The van der Waals surface area contributed by atoms with Crippen LogP contribution in [0.25, 0.3) is 0 Å². The molecule has 0 aromatic rings. The van der Waals surface area contributed by atoms with Crippen LogP contribution in [0.3, 0.4) is 0 Å². The number of nitrogens with zero attached hydrogens (tertiary/aromatic N) is 2. The van der Waals surface area contributed by atoms with Crippen LogP contribution in [0.15, 0.2) is 34.2 Å². The fraction of sp³-hybridized carbons (Fsp3) is 0.333. The first-order chi connectivity index (χ1) is 8.10. The van der Waals surface area contributed by atoms with Gasteiger partial charge in [-0.2, -0.15) is 0 Å². The van der Waals surface area contributed by atoms with Crippen molar-refractivity contribution in [2.75, 3.05) is 0 Å². The summed E-state index contributed by atoms with van der Waals surface area (Å²) in [5.41, 5.74) is 1.56. The molecule has 0 saturated carbocycles. The summed E-state index contributed by atoms with van der Waals surface area (Å²) in [6.07, 6.45) is 5.37. The van der Waals surface area contributed by atoms with E-state index in [-0.39, 0.29) is 6.04 Å². The van der Waals surface area contributed by atoms with Gasteiger partial charge in [0.05, 0.1) is 17.5 Å². The number of halogens is 2. The third-order valence-corrected chi connectivity index (χ3v) is 2.01. The van der Waals surface area contributed by atoms with Gasteiger partial charge in [0, 0.05) is 5.71 Å². The van der Waals surface area contributed by atoms with Crippen molar-refractivity contribution in [2.45, 2.75) is 19.9 Å². The summed E-state index contributed by atoms with van der Waals surface area (Å²) in [6.45, 7) is 3.31. The Bertz CT molecular complexity index is 356. The second kappa shape index (κ2) is 9.45. The van der Waals surface area contributed by atoms with Gasteiger partial charge in [0.2, 0.25) is 0 Å². The van der Waals surface area contributed by atoms with Crippen molar-refractivity contribution in [3.8, 4) is 0 Å². The number of allylic oxidation sites excluding steroid dienone is 3. The first kappa shape index (κ1) is 16.4. The molecule has 1 aliphatic rings. The minimum atomic E-state index is -0.931. The molecule has 0 radical (unpaired) electrons. The van der Waals surface area contributed by atoms with Crippen LogP contribution in [0.2, 0.25) is 0 Å². The maximum atomic E-state index is 10.3. The summed E-state index contributed by atoms with van der Waals surface area (Å²) in [5, 5.41) is 27.8. The first-order valence-corrected chi connectivity index (χ1v) is 12.5. The van der Waals surface area contributed by atoms with Crippen LogP contribution in [0.4, 0.5) is 0 Å². The molecule has 1 aliphatic heterocycles. The monoisotopic (exact) mass is 328 g/mol. The van der Waals surface area contributed by atoms with Gasteiger partial charge >= 0.3 is 34.5 Å². The standard InChI is InChI=1S/C9H13N3O2.2ClH.Zn/c1-6(11-13)8-4-3-5-9(10-8)7(2)12-14;;;/h3-5,8,10,13-14H,1-2H3;2*1H;/q;;;+2/p-3. The van der Waals surface area contributed by atoms with E-state index in [1.54, 1.807) is 26.0 Å². The van der Waals surface area contributed by atoms with Crippen LogP contribution in [-0.2, 0) is 15.1 Å². The van der Waals surface area contributed by atoms with Crippen LogP contribution in [0.1, 0.15) is 13.8 Å². The Hall–Kier alpha value is -0.577. The van der Waals surface area contributed by atoms with Crippen LogP contribution < -0.4 is 5.32 Å². The first-order valence-electron chi connectivity index (χ1n) is 4.73. The van der Waals surface area contributed by atoms with Gasteiger partial charge in [-0.25, -0.2) is 0 Å². The van der Waals surface area contributed by atoms with Crippen molar-refractivity contribution >= 4 is 30.8 Å². The number of nitrogens with one attached hydrogen (secondary N) is 1. The molecule has 0 aliphatic carbocycles. The summed E-state index contributed by atoms with van der Waals surface area (Å²) in [4.78, 5) is 0. The van der Waals surface area contributed by atoms with Gasteiger partial charge in [0.25, 0.3) is 0 Å². The summed E-state index contributed by atoms with van der Waals surface area (Å²) in [5.74, 6) is 0. The summed E-state index contributed by atoms with van der Waals surface area (Å²) in [7, 11) is 9.90. The van der Waals surface area contributed by atoms with Gasteiger partial charge in [0.15, 0.2) is 0 Å². The second-order valence-electron chi connectivity index (χ2n) is 3.11. The van der Waals surface area contributed by atoms with Crippen LogP contribution in [0, 0.1) is 5.21 Å². The Labute approximate surface area is 116 Å². The molecule has 1 rings (SSSR count). The minimum absolute atomic E-state index is 0.184. The predicted molar refractivity (Wildman–Crippen MR) is 67.2 cm³/mol. The van der Waals surface area contributed by atoms with E-state index in [2.05, 4.69) is 15.6 Å². The summed E-state index contributed by atoms with van der Waals surface area (Å²) >= 11 is -0.931. The molecule has 2 N–H and O–H groups in total. The number of dihydropyridines is 1. The molecule has 1 heterocycles. The average molecular weight is 331 g/mol. The molecule has 0 fully saturated rings. The van der Waals surface area contributed by atoms with Gasteiger partial charge < -0.3 is 20.9 Å². The summed E-state index contributed by atoms with van der Waals surface area (Å²) < 4.78 is 0. The molecular formula is C9H12Cl2N3O2Zn-. The Morgan fingerprint density at radius 3 is 2.59 bits per heavy atom. The van der Waals surface area contributed by atoms with Crippen molar-refractivity contribution in [2.24, 2.45) is 10.3 Å². The number of oxime groups is 1. The summed E-state index contributed by atoms with van der Waals surface area (Å²) in [6, 6.07) is -0.184. The van der Waals surface area contributed by atoms with Gasteiger partial charge in [-0.05, 0) is 19.9 Å². The van der Waals surface area contributed by atoms with E-state index in [1.807, 2.05) is 6.08 Å². The Balaban J connectivity index is 0.000000770. The van der Waals surface area contributed by atoms with E-state index < -0.39 is 15.1 Å². The molecule has 1 unspecified atom stereocenters. The van der Waals surface area contributed by atoms with Gasteiger partial charge in [-0.15, -0.1) is 0 Å². The van der Waals surface area contributed by atoms with Crippen molar-refractivity contribution in [1.82, 2.24) is 5.32 Å². The Morgan fingerprint density at radius 2 is 2.12 bits per heavy atom. The quantitative estimate of drug-likeness (QED) is 0.353. The molecule has 17 heavy (non-hydrogen) atoms.